The summed E-state index contributed by atoms with van der Waals surface area (Å²) in [4.78, 5) is 6.43. The highest BCUT2D eigenvalue weighted by Gasteiger charge is 2.31. The van der Waals surface area contributed by atoms with Crippen molar-refractivity contribution in [1.82, 2.24) is 5.32 Å². The number of benzene rings is 4. The zero-order valence-electron chi connectivity index (χ0n) is 20.6. The highest BCUT2D eigenvalue weighted by atomic mass is 35.5. The third kappa shape index (κ3) is 6.35. The van der Waals surface area contributed by atoms with Crippen LogP contribution in [0.1, 0.15) is 11.1 Å². The van der Waals surface area contributed by atoms with E-state index in [9.17, 15) is 13.2 Å². The summed E-state index contributed by atoms with van der Waals surface area (Å²) < 4.78 is 41.4. The molecule has 200 valence electrons. The first-order chi connectivity index (χ1) is 18.7. The van der Waals surface area contributed by atoms with E-state index in [1.165, 1.54) is 12.1 Å². The van der Waals surface area contributed by atoms with Gasteiger partial charge in [0, 0.05) is 28.0 Å². The van der Waals surface area contributed by atoms with Crippen LogP contribution in [0.15, 0.2) is 77.8 Å². The third-order valence-electron chi connectivity index (χ3n) is 6.12. The molecule has 0 aromatic heterocycles. The molecule has 4 aromatic rings. The van der Waals surface area contributed by atoms with E-state index < -0.39 is 6.36 Å². The van der Waals surface area contributed by atoms with E-state index in [0.717, 1.165) is 44.6 Å². The lowest BCUT2D eigenvalue weighted by Crippen LogP contribution is -2.28. The van der Waals surface area contributed by atoms with Crippen LogP contribution in [0.3, 0.4) is 0 Å². The summed E-state index contributed by atoms with van der Waals surface area (Å²) in [6, 6.07) is 21.4. The fourth-order valence-corrected chi connectivity index (χ4v) is 4.73. The summed E-state index contributed by atoms with van der Waals surface area (Å²) in [6.07, 6.45) is -2.94. The van der Waals surface area contributed by atoms with Crippen LogP contribution in [0.5, 0.6) is 5.75 Å². The van der Waals surface area contributed by atoms with Gasteiger partial charge in [-0.3, -0.25) is 4.99 Å². The zero-order chi connectivity index (χ0) is 27.6. The van der Waals surface area contributed by atoms with Gasteiger partial charge in [-0.05, 0) is 90.3 Å². The molecule has 0 bridgehead atoms. The second-order valence-electron chi connectivity index (χ2n) is 8.80. The Kier molecular flexibility index (Phi) is 7.49. The molecular weight excluding hydrogens is 547 g/mol. The third-order valence-corrected chi connectivity index (χ3v) is 6.60. The molecule has 4 aromatic carbocycles. The number of ether oxygens (including phenoxy) is 1. The monoisotopic (exact) mass is 569 g/mol. The molecular formula is C28H23ClF3N5OS. The maximum atomic E-state index is 12.5. The summed E-state index contributed by atoms with van der Waals surface area (Å²) in [6.45, 7) is 2.75. The van der Waals surface area contributed by atoms with Crippen molar-refractivity contribution in [3.8, 4) is 5.75 Å². The predicted molar refractivity (Wildman–Crippen MR) is 156 cm³/mol. The molecule has 0 atom stereocenters. The number of nitrogens with zero attached hydrogens (tertiary/aromatic N) is 2. The number of aryl methyl sites for hydroxylation is 1. The summed E-state index contributed by atoms with van der Waals surface area (Å²) in [5.41, 5.74) is 5.46. The second kappa shape index (κ2) is 11.0. The predicted octanol–water partition coefficient (Wildman–Crippen LogP) is 7.58. The van der Waals surface area contributed by atoms with Gasteiger partial charge in [-0.25, -0.2) is 0 Å². The van der Waals surface area contributed by atoms with Crippen LogP contribution in [0.4, 0.5) is 35.9 Å². The molecule has 0 fully saturated rings. The Morgan fingerprint density at radius 1 is 1.10 bits per heavy atom. The molecule has 0 spiro atoms. The quantitative estimate of drug-likeness (QED) is 0.164. The molecule has 0 amide bonds. The Hall–Kier alpha value is -4.02. The van der Waals surface area contributed by atoms with Crippen molar-refractivity contribution in [3.63, 3.8) is 0 Å². The first kappa shape index (κ1) is 26.6. The van der Waals surface area contributed by atoms with Crippen LogP contribution < -0.4 is 25.6 Å². The van der Waals surface area contributed by atoms with Crippen molar-refractivity contribution in [1.29, 1.82) is 0 Å². The first-order valence-electron chi connectivity index (χ1n) is 11.9. The normalized spacial score (nSPS) is 12.9. The lowest BCUT2D eigenvalue weighted by atomic mass is 10.0. The van der Waals surface area contributed by atoms with Crippen LogP contribution in [0.2, 0.25) is 5.02 Å². The number of hydrogen-bond acceptors (Lipinski definition) is 5. The smallest absolute Gasteiger partial charge is 0.406 e. The van der Waals surface area contributed by atoms with Gasteiger partial charge in [-0.2, -0.15) is 0 Å². The van der Waals surface area contributed by atoms with Crippen LogP contribution in [-0.2, 0) is 0 Å². The van der Waals surface area contributed by atoms with E-state index in [0.29, 0.717) is 23.5 Å². The molecule has 0 saturated carbocycles. The van der Waals surface area contributed by atoms with Crippen LogP contribution >= 0.6 is 23.8 Å². The summed E-state index contributed by atoms with van der Waals surface area (Å²) in [7, 11) is 0. The Labute approximate surface area is 233 Å². The van der Waals surface area contributed by atoms with E-state index in [2.05, 4.69) is 25.7 Å². The number of anilines is 4. The summed E-state index contributed by atoms with van der Waals surface area (Å²) in [5, 5.41) is 12.8. The molecule has 0 aliphatic carbocycles. The van der Waals surface area contributed by atoms with Crippen molar-refractivity contribution in [2.45, 2.75) is 13.3 Å². The van der Waals surface area contributed by atoms with Crippen molar-refractivity contribution in [2.75, 3.05) is 28.9 Å². The number of fused-ring (bicyclic) bond motifs is 3. The number of thiocarbonyl (C=S) groups is 1. The molecule has 1 heterocycles. The first-order valence-corrected chi connectivity index (χ1v) is 12.7. The largest absolute Gasteiger partial charge is 0.573 e. The number of hydrogen-bond donors (Lipinski definition) is 3. The van der Waals surface area contributed by atoms with Gasteiger partial charge in [0.1, 0.15) is 12.4 Å². The van der Waals surface area contributed by atoms with Crippen molar-refractivity contribution in [3.05, 3.63) is 88.9 Å². The maximum absolute atomic E-state index is 12.5. The number of aliphatic imine (C=N–C) groups is 1. The lowest BCUT2D eigenvalue weighted by molar-refractivity contribution is -0.274. The minimum atomic E-state index is -4.72. The van der Waals surface area contributed by atoms with E-state index in [4.69, 9.17) is 23.8 Å². The topological polar surface area (TPSA) is 60.9 Å². The van der Waals surface area contributed by atoms with E-state index in [1.54, 1.807) is 24.4 Å². The Morgan fingerprint density at radius 2 is 1.90 bits per heavy atom. The second-order valence-corrected chi connectivity index (χ2v) is 9.65. The lowest BCUT2D eigenvalue weighted by Gasteiger charge is -2.19. The molecule has 6 nitrogen and oxygen atoms in total. The van der Waals surface area contributed by atoms with Crippen LogP contribution in [0, 0.1) is 6.92 Å². The molecule has 11 heteroatoms. The van der Waals surface area contributed by atoms with Crippen LogP contribution in [0.25, 0.3) is 10.8 Å². The van der Waals surface area contributed by atoms with E-state index in [-0.39, 0.29) is 5.75 Å². The highest BCUT2D eigenvalue weighted by molar-refractivity contribution is 7.80. The fraction of sp³-hybridized carbons (Fsp3) is 0.143. The number of halogens is 4. The van der Waals surface area contributed by atoms with E-state index in [1.807, 2.05) is 54.3 Å². The molecule has 0 unspecified atom stereocenters. The van der Waals surface area contributed by atoms with Gasteiger partial charge in [0.25, 0.3) is 0 Å². The molecule has 39 heavy (non-hydrogen) atoms. The average Bonchev–Trinajstić information content (AvgIpc) is 3.32. The van der Waals surface area contributed by atoms with Gasteiger partial charge in [-0.15, -0.1) is 13.2 Å². The van der Waals surface area contributed by atoms with Crippen molar-refractivity contribution >= 4 is 68.7 Å². The van der Waals surface area contributed by atoms with Gasteiger partial charge in [0.05, 0.1) is 18.0 Å². The van der Waals surface area contributed by atoms with Gasteiger partial charge in [0.15, 0.2) is 5.11 Å². The SMILES string of the molecule is Cc1cc(Cl)ccc1NC(=S)NCN=Cc1ccc2c3c(ccc2c1)N(c1ccc(OC(F)(F)F)cc1)CN3. The zero-order valence-corrected chi connectivity index (χ0v) is 22.2. The highest BCUT2D eigenvalue weighted by Crippen LogP contribution is 2.42. The standard InChI is InChI=1S/C28H23ClF3N5OS/c1-17-12-20(29)4-10-24(17)36-27(39)34-15-33-14-18-2-9-23-19(13-18)3-11-25-26(23)35-16-37(25)21-5-7-22(8-6-21)38-28(30,31)32/h2-14,35H,15-16H2,1H3,(H2,34,36,39). The molecule has 0 saturated heterocycles. The van der Waals surface area contributed by atoms with Crippen molar-refractivity contribution in [2.24, 2.45) is 4.99 Å². The number of rotatable bonds is 6. The van der Waals surface area contributed by atoms with Gasteiger partial charge >= 0.3 is 6.36 Å². The summed E-state index contributed by atoms with van der Waals surface area (Å²) in [5.74, 6) is -0.253. The number of alkyl halides is 3. The van der Waals surface area contributed by atoms with Gasteiger partial charge in [-0.1, -0.05) is 29.8 Å². The fourth-order valence-electron chi connectivity index (χ4n) is 4.33. The number of nitrogens with one attached hydrogen (secondary N) is 3. The summed E-state index contributed by atoms with van der Waals surface area (Å²) >= 11 is 11.3. The van der Waals surface area contributed by atoms with Crippen molar-refractivity contribution < 1.29 is 17.9 Å². The maximum Gasteiger partial charge on any atom is 0.573 e. The molecule has 1 aliphatic heterocycles. The molecule has 1 aliphatic rings. The Morgan fingerprint density at radius 3 is 2.64 bits per heavy atom. The van der Waals surface area contributed by atoms with Gasteiger partial charge in [0.2, 0.25) is 0 Å². The average molecular weight is 570 g/mol. The molecule has 0 radical (unpaired) electrons. The van der Waals surface area contributed by atoms with Crippen LogP contribution in [-0.4, -0.2) is 31.0 Å². The molecule has 3 N–H and O–H groups in total. The minimum absolute atomic E-state index is 0.253. The van der Waals surface area contributed by atoms with E-state index >= 15 is 0 Å². The van der Waals surface area contributed by atoms with Gasteiger partial charge < -0.3 is 25.6 Å². The molecule has 5 rings (SSSR count). The Bertz CT molecular complexity index is 1560. The minimum Gasteiger partial charge on any atom is -0.406 e. The Balaban J connectivity index is 1.23.